The molecule has 3 nitrogen and oxygen atoms in total. The summed E-state index contributed by atoms with van der Waals surface area (Å²) < 4.78 is 0. The molecule has 1 amide bonds. The van der Waals surface area contributed by atoms with Crippen LogP contribution in [0.3, 0.4) is 0 Å². The molecule has 0 saturated carbocycles. The summed E-state index contributed by atoms with van der Waals surface area (Å²) >= 11 is 7.52. The third-order valence-electron chi connectivity index (χ3n) is 2.82. The van der Waals surface area contributed by atoms with E-state index in [-0.39, 0.29) is 5.91 Å². The third-order valence-corrected chi connectivity index (χ3v) is 4.06. The van der Waals surface area contributed by atoms with Crippen LogP contribution in [0.15, 0.2) is 24.3 Å². The Morgan fingerprint density at radius 3 is 3.17 bits per heavy atom. The first-order valence-corrected chi connectivity index (χ1v) is 7.59. The van der Waals surface area contributed by atoms with Crippen molar-refractivity contribution in [2.24, 2.45) is 0 Å². The molecule has 0 spiro atoms. The lowest BCUT2D eigenvalue weighted by atomic mass is 10.2. The summed E-state index contributed by atoms with van der Waals surface area (Å²) in [4.78, 5) is 11.7. The van der Waals surface area contributed by atoms with Gasteiger partial charge in [0, 0.05) is 23.4 Å². The Hall–Kier alpha value is -0.710. The number of carbonyl (C=O) groups excluding carboxylic acids is 1. The van der Waals surface area contributed by atoms with Gasteiger partial charge in [-0.15, -0.1) is 11.8 Å². The molecule has 5 heteroatoms. The zero-order valence-electron chi connectivity index (χ0n) is 10.1. The number of rotatable bonds is 5. The minimum Gasteiger partial charge on any atom is -0.351 e. The Bertz CT molecular complexity index is 408. The fourth-order valence-electron chi connectivity index (χ4n) is 1.94. The van der Waals surface area contributed by atoms with Crippen LogP contribution in [0.4, 0.5) is 0 Å². The van der Waals surface area contributed by atoms with Crippen molar-refractivity contribution in [3.05, 3.63) is 34.9 Å². The number of benzene rings is 1. The molecule has 0 bridgehead atoms. The molecule has 1 atom stereocenters. The lowest BCUT2D eigenvalue weighted by Gasteiger charge is -2.10. The zero-order valence-corrected chi connectivity index (χ0v) is 11.7. The van der Waals surface area contributed by atoms with Gasteiger partial charge in [0.1, 0.15) is 0 Å². The summed E-state index contributed by atoms with van der Waals surface area (Å²) in [6.07, 6.45) is 1.03. The van der Waals surface area contributed by atoms with Crippen LogP contribution in [0.25, 0.3) is 0 Å². The van der Waals surface area contributed by atoms with E-state index in [0.29, 0.717) is 11.8 Å². The molecule has 18 heavy (non-hydrogen) atoms. The van der Waals surface area contributed by atoms with Crippen molar-refractivity contribution in [2.45, 2.75) is 18.2 Å². The Morgan fingerprint density at radius 1 is 1.56 bits per heavy atom. The van der Waals surface area contributed by atoms with E-state index in [4.69, 9.17) is 11.6 Å². The van der Waals surface area contributed by atoms with Crippen molar-refractivity contribution in [2.75, 3.05) is 18.8 Å². The van der Waals surface area contributed by atoms with Crippen molar-refractivity contribution in [3.63, 3.8) is 0 Å². The number of halogens is 1. The van der Waals surface area contributed by atoms with Crippen LogP contribution in [0.1, 0.15) is 12.0 Å². The van der Waals surface area contributed by atoms with Gasteiger partial charge in [0.25, 0.3) is 0 Å². The van der Waals surface area contributed by atoms with E-state index >= 15 is 0 Å². The zero-order chi connectivity index (χ0) is 12.8. The van der Waals surface area contributed by atoms with E-state index in [1.54, 1.807) is 11.8 Å². The van der Waals surface area contributed by atoms with Gasteiger partial charge in [-0.2, -0.15) is 0 Å². The second kappa shape index (κ2) is 7.02. The molecular formula is C13H17ClN2OS. The number of thioether (sulfide) groups is 1. The fourth-order valence-corrected chi connectivity index (χ4v) is 2.93. The molecule has 2 N–H and O–H groups in total. The number of hydrogen-bond donors (Lipinski definition) is 2. The van der Waals surface area contributed by atoms with Crippen molar-refractivity contribution < 1.29 is 4.79 Å². The topological polar surface area (TPSA) is 41.1 Å². The molecule has 0 aromatic heterocycles. The van der Waals surface area contributed by atoms with Gasteiger partial charge in [-0.1, -0.05) is 23.7 Å². The van der Waals surface area contributed by atoms with Crippen molar-refractivity contribution >= 4 is 29.3 Å². The maximum Gasteiger partial charge on any atom is 0.230 e. The van der Waals surface area contributed by atoms with E-state index in [2.05, 4.69) is 10.6 Å². The molecule has 1 heterocycles. The minimum absolute atomic E-state index is 0.121. The fraction of sp³-hybridized carbons (Fsp3) is 0.462. The Morgan fingerprint density at radius 2 is 2.44 bits per heavy atom. The minimum atomic E-state index is 0.121. The first-order chi connectivity index (χ1) is 8.74. The van der Waals surface area contributed by atoms with Crippen molar-refractivity contribution in [1.29, 1.82) is 0 Å². The summed E-state index contributed by atoms with van der Waals surface area (Å²) in [7, 11) is 0. The summed E-state index contributed by atoms with van der Waals surface area (Å²) in [6.45, 7) is 1.89. The summed E-state index contributed by atoms with van der Waals surface area (Å²) in [5.41, 5.74) is 1.16. The second-order valence-electron chi connectivity index (χ2n) is 4.38. The molecule has 1 aliphatic rings. The van der Waals surface area contributed by atoms with Crippen molar-refractivity contribution in [3.8, 4) is 0 Å². The van der Waals surface area contributed by atoms with Crippen LogP contribution in [0.2, 0.25) is 5.02 Å². The molecule has 1 aromatic rings. The lowest BCUT2D eigenvalue weighted by Crippen LogP contribution is -2.37. The normalized spacial score (nSPS) is 18.8. The van der Waals surface area contributed by atoms with Crippen LogP contribution < -0.4 is 10.6 Å². The van der Waals surface area contributed by atoms with E-state index in [1.165, 1.54) is 0 Å². The van der Waals surface area contributed by atoms with Crippen LogP contribution >= 0.6 is 23.4 Å². The van der Waals surface area contributed by atoms with Gasteiger partial charge in [0.05, 0.1) is 5.75 Å². The van der Waals surface area contributed by atoms with Gasteiger partial charge in [-0.3, -0.25) is 4.79 Å². The largest absolute Gasteiger partial charge is 0.351 e. The van der Waals surface area contributed by atoms with E-state index in [9.17, 15) is 4.79 Å². The summed E-state index contributed by atoms with van der Waals surface area (Å²) in [5.74, 6) is 1.44. The van der Waals surface area contributed by atoms with E-state index in [1.807, 2.05) is 24.3 Å². The van der Waals surface area contributed by atoms with Crippen LogP contribution in [-0.2, 0) is 10.5 Å². The molecule has 1 unspecified atom stereocenters. The van der Waals surface area contributed by atoms with E-state index in [0.717, 1.165) is 35.8 Å². The average molecular weight is 285 g/mol. The molecule has 98 valence electrons. The van der Waals surface area contributed by atoms with Gasteiger partial charge in [0.2, 0.25) is 5.91 Å². The highest BCUT2D eigenvalue weighted by molar-refractivity contribution is 7.99. The second-order valence-corrected chi connectivity index (χ2v) is 5.80. The molecule has 1 saturated heterocycles. The van der Waals surface area contributed by atoms with Crippen molar-refractivity contribution in [1.82, 2.24) is 10.6 Å². The molecule has 1 aliphatic heterocycles. The third kappa shape index (κ3) is 4.52. The number of amides is 1. The Balaban J connectivity index is 1.66. The highest BCUT2D eigenvalue weighted by Crippen LogP contribution is 2.16. The maximum atomic E-state index is 11.7. The van der Waals surface area contributed by atoms with Crippen LogP contribution in [0.5, 0.6) is 0 Å². The predicted molar refractivity (Wildman–Crippen MR) is 77.0 cm³/mol. The molecule has 1 aromatic carbocycles. The van der Waals surface area contributed by atoms with Gasteiger partial charge in [0.15, 0.2) is 0 Å². The van der Waals surface area contributed by atoms with Gasteiger partial charge < -0.3 is 10.6 Å². The Kier molecular flexibility index (Phi) is 5.35. The van der Waals surface area contributed by atoms with Gasteiger partial charge in [-0.25, -0.2) is 0 Å². The highest BCUT2D eigenvalue weighted by atomic mass is 35.5. The van der Waals surface area contributed by atoms with E-state index < -0.39 is 0 Å². The molecular weight excluding hydrogens is 268 g/mol. The summed E-state index contributed by atoms with van der Waals surface area (Å²) in [5, 5.41) is 7.00. The molecule has 2 rings (SSSR count). The van der Waals surface area contributed by atoms with Gasteiger partial charge in [-0.05, 0) is 30.7 Å². The SMILES string of the molecule is O=C(CSCc1cccc(Cl)c1)NC1CCNC1. The predicted octanol–water partition coefficient (Wildman–Crippen LogP) is 2.05. The van der Waals surface area contributed by atoms with Crippen LogP contribution in [0, 0.1) is 0 Å². The first kappa shape index (κ1) is 13.7. The first-order valence-electron chi connectivity index (χ1n) is 6.06. The number of carbonyl (C=O) groups is 1. The maximum absolute atomic E-state index is 11.7. The number of hydrogen-bond acceptors (Lipinski definition) is 3. The smallest absolute Gasteiger partial charge is 0.230 e. The molecule has 1 fully saturated rings. The quantitative estimate of drug-likeness (QED) is 0.870. The number of nitrogens with one attached hydrogen (secondary N) is 2. The lowest BCUT2D eigenvalue weighted by molar-refractivity contribution is -0.119. The monoisotopic (exact) mass is 284 g/mol. The Labute approximate surface area is 117 Å². The average Bonchev–Trinajstić information content (AvgIpc) is 2.82. The highest BCUT2D eigenvalue weighted by Gasteiger charge is 2.16. The van der Waals surface area contributed by atoms with Gasteiger partial charge >= 0.3 is 0 Å². The summed E-state index contributed by atoms with van der Waals surface area (Å²) in [6, 6.07) is 8.06. The standard InChI is InChI=1S/C13H17ClN2OS/c14-11-3-1-2-10(6-11)8-18-9-13(17)16-12-4-5-15-7-12/h1-3,6,12,15H,4-5,7-9H2,(H,16,17). The van der Waals surface area contributed by atoms with Crippen LogP contribution in [-0.4, -0.2) is 30.8 Å². The molecule has 0 aliphatic carbocycles. The molecule has 0 radical (unpaired) electrons.